The first-order valence-corrected chi connectivity index (χ1v) is 5.70. The molecule has 1 N–H and O–H groups in total. The van der Waals surface area contributed by atoms with E-state index in [9.17, 15) is 9.18 Å². The van der Waals surface area contributed by atoms with Crippen LogP contribution in [0.3, 0.4) is 0 Å². The highest BCUT2D eigenvalue weighted by Crippen LogP contribution is 2.21. The number of amides is 1. The summed E-state index contributed by atoms with van der Waals surface area (Å²) >= 11 is 11.6. The molecule has 0 saturated carbocycles. The zero-order valence-electron chi connectivity index (χ0n) is 8.95. The Kier molecular flexibility index (Phi) is 3.79. The lowest BCUT2D eigenvalue weighted by Crippen LogP contribution is -2.13. The molecular weight excluding hydrogens is 278 g/mol. The van der Waals surface area contributed by atoms with Gasteiger partial charge >= 0.3 is 0 Å². The molecule has 6 heteroatoms. The Labute approximate surface area is 113 Å². The van der Waals surface area contributed by atoms with Crippen molar-refractivity contribution < 1.29 is 9.18 Å². The first-order valence-electron chi connectivity index (χ1n) is 4.95. The minimum Gasteiger partial charge on any atom is -0.305 e. The highest BCUT2D eigenvalue weighted by molar-refractivity contribution is 6.35. The van der Waals surface area contributed by atoms with Gasteiger partial charge in [-0.25, -0.2) is 9.37 Å². The van der Waals surface area contributed by atoms with Gasteiger partial charge in [-0.3, -0.25) is 4.79 Å². The van der Waals surface area contributed by atoms with Gasteiger partial charge in [-0.1, -0.05) is 23.2 Å². The summed E-state index contributed by atoms with van der Waals surface area (Å²) in [6.45, 7) is 0. The molecule has 1 aromatic carbocycles. The highest BCUT2D eigenvalue weighted by Gasteiger charge is 2.13. The lowest BCUT2D eigenvalue weighted by Gasteiger charge is -2.07. The molecular formula is C12H7Cl2FN2O. The topological polar surface area (TPSA) is 42.0 Å². The monoisotopic (exact) mass is 284 g/mol. The summed E-state index contributed by atoms with van der Waals surface area (Å²) in [5.41, 5.74) is 0.153. The number of carbonyl (C=O) groups excluding carboxylic acids is 1. The smallest absolute Gasteiger partial charge is 0.258 e. The minimum absolute atomic E-state index is 0.0274. The molecule has 0 unspecified atom stereocenters. The molecule has 0 atom stereocenters. The number of nitrogens with one attached hydrogen (secondary N) is 1. The summed E-state index contributed by atoms with van der Waals surface area (Å²) in [5.74, 6) is -0.780. The first-order chi connectivity index (χ1) is 8.58. The largest absolute Gasteiger partial charge is 0.305 e. The zero-order chi connectivity index (χ0) is 13.1. The van der Waals surface area contributed by atoms with E-state index in [-0.39, 0.29) is 16.4 Å². The van der Waals surface area contributed by atoms with E-state index in [1.165, 1.54) is 12.3 Å². The number of hydrogen-bond donors (Lipinski definition) is 1. The van der Waals surface area contributed by atoms with Crippen LogP contribution in [0.2, 0.25) is 10.0 Å². The molecule has 92 valence electrons. The number of carbonyl (C=O) groups is 1. The average molecular weight is 285 g/mol. The van der Waals surface area contributed by atoms with Crippen LogP contribution in [0.25, 0.3) is 0 Å². The van der Waals surface area contributed by atoms with Crippen LogP contribution in [-0.4, -0.2) is 10.9 Å². The normalized spacial score (nSPS) is 10.2. The van der Waals surface area contributed by atoms with Crippen LogP contribution < -0.4 is 5.32 Å². The second-order valence-electron chi connectivity index (χ2n) is 3.41. The molecule has 0 bridgehead atoms. The van der Waals surface area contributed by atoms with E-state index in [2.05, 4.69) is 10.3 Å². The zero-order valence-corrected chi connectivity index (χ0v) is 10.5. The average Bonchev–Trinajstić information content (AvgIpc) is 2.32. The lowest BCUT2D eigenvalue weighted by atomic mass is 10.2. The first kappa shape index (κ1) is 12.8. The molecule has 1 amide bonds. The van der Waals surface area contributed by atoms with Crippen LogP contribution in [0.5, 0.6) is 0 Å². The van der Waals surface area contributed by atoms with Gasteiger partial charge in [-0.2, -0.15) is 0 Å². The van der Waals surface area contributed by atoms with Gasteiger partial charge in [0.2, 0.25) is 0 Å². The molecule has 2 aromatic rings. The maximum absolute atomic E-state index is 12.9. The fourth-order valence-corrected chi connectivity index (χ4v) is 1.75. The van der Waals surface area contributed by atoms with Crippen molar-refractivity contribution in [3.8, 4) is 0 Å². The van der Waals surface area contributed by atoms with Crippen molar-refractivity contribution in [1.82, 2.24) is 4.98 Å². The number of anilines is 1. The van der Waals surface area contributed by atoms with Gasteiger partial charge in [-0.15, -0.1) is 0 Å². The number of nitrogens with zero attached hydrogens (tertiary/aromatic N) is 1. The Morgan fingerprint density at radius 3 is 2.67 bits per heavy atom. The fraction of sp³-hybridized carbons (Fsp3) is 0. The van der Waals surface area contributed by atoms with E-state index in [4.69, 9.17) is 23.2 Å². The highest BCUT2D eigenvalue weighted by atomic mass is 35.5. The number of hydrogen-bond acceptors (Lipinski definition) is 2. The van der Waals surface area contributed by atoms with Gasteiger partial charge in [0.25, 0.3) is 5.91 Å². The summed E-state index contributed by atoms with van der Waals surface area (Å²) in [7, 11) is 0. The van der Waals surface area contributed by atoms with Crippen molar-refractivity contribution >= 4 is 34.9 Å². The molecule has 18 heavy (non-hydrogen) atoms. The van der Waals surface area contributed by atoms with E-state index in [0.29, 0.717) is 5.02 Å². The Morgan fingerprint density at radius 2 is 2.00 bits per heavy atom. The standard InChI is InChI=1S/C12H7Cl2FN2O/c13-9-2-1-5-16-11(9)17-12(18)8-4-3-7(15)6-10(8)14/h1-6H,(H,16,17,18). The van der Waals surface area contributed by atoms with E-state index < -0.39 is 11.7 Å². The van der Waals surface area contributed by atoms with Crippen molar-refractivity contribution in [2.45, 2.75) is 0 Å². The second-order valence-corrected chi connectivity index (χ2v) is 4.23. The van der Waals surface area contributed by atoms with Crippen LogP contribution >= 0.6 is 23.2 Å². The minimum atomic E-state index is -0.507. The van der Waals surface area contributed by atoms with Gasteiger partial charge in [0.05, 0.1) is 15.6 Å². The van der Waals surface area contributed by atoms with E-state index >= 15 is 0 Å². The van der Waals surface area contributed by atoms with Crippen molar-refractivity contribution in [2.24, 2.45) is 0 Å². The maximum Gasteiger partial charge on any atom is 0.258 e. The molecule has 1 heterocycles. The molecule has 0 aliphatic carbocycles. The van der Waals surface area contributed by atoms with Crippen LogP contribution in [0.4, 0.5) is 10.2 Å². The summed E-state index contributed by atoms with van der Waals surface area (Å²) in [4.78, 5) is 15.8. The van der Waals surface area contributed by atoms with Gasteiger partial charge < -0.3 is 5.32 Å². The van der Waals surface area contributed by atoms with E-state index in [0.717, 1.165) is 12.1 Å². The van der Waals surface area contributed by atoms with Gasteiger partial charge in [0.1, 0.15) is 5.82 Å². The number of benzene rings is 1. The Morgan fingerprint density at radius 1 is 1.22 bits per heavy atom. The third-order valence-electron chi connectivity index (χ3n) is 2.17. The van der Waals surface area contributed by atoms with E-state index in [1.807, 2.05) is 0 Å². The lowest BCUT2D eigenvalue weighted by molar-refractivity contribution is 0.102. The molecule has 2 rings (SSSR count). The molecule has 0 aliphatic heterocycles. The van der Waals surface area contributed by atoms with Crippen molar-refractivity contribution in [1.29, 1.82) is 0 Å². The number of aromatic nitrogens is 1. The number of halogens is 3. The molecule has 0 fully saturated rings. The maximum atomic E-state index is 12.9. The predicted octanol–water partition coefficient (Wildman–Crippen LogP) is 3.78. The predicted molar refractivity (Wildman–Crippen MR) is 68.6 cm³/mol. The Bertz CT molecular complexity index is 604. The fourth-order valence-electron chi connectivity index (χ4n) is 1.33. The van der Waals surface area contributed by atoms with Crippen LogP contribution in [0.15, 0.2) is 36.5 Å². The van der Waals surface area contributed by atoms with Crippen molar-refractivity contribution in [3.05, 3.63) is 58.0 Å². The number of rotatable bonds is 2. The molecule has 0 spiro atoms. The van der Waals surface area contributed by atoms with Crippen LogP contribution in [0.1, 0.15) is 10.4 Å². The van der Waals surface area contributed by atoms with Crippen molar-refractivity contribution in [3.63, 3.8) is 0 Å². The summed E-state index contributed by atoms with van der Waals surface area (Å²) in [6, 6.07) is 6.75. The molecule has 0 aliphatic rings. The second kappa shape index (κ2) is 5.33. The SMILES string of the molecule is O=C(Nc1ncccc1Cl)c1ccc(F)cc1Cl. The quantitative estimate of drug-likeness (QED) is 0.912. The van der Waals surface area contributed by atoms with Crippen LogP contribution in [-0.2, 0) is 0 Å². The third kappa shape index (κ3) is 2.78. The van der Waals surface area contributed by atoms with Gasteiger partial charge in [-0.05, 0) is 30.3 Å². The van der Waals surface area contributed by atoms with Crippen molar-refractivity contribution in [2.75, 3.05) is 5.32 Å². The van der Waals surface area contributed by atoms with Gasteiger partial charge in [0.15, 0.2) is 5.82 Å². The van der Waals surface area contributed by atoms with Gasteiger partial charge in [0, 0.05) is 6.20 Å². The molecule has 0 radical (unpaired) electrons. The van der Waals surface area contributed by atoms with Crippen LogP contribution in [0, 0.1) is 5.82 Å². The number of pyridine rings is 1. The molecule has 1 aromatic heterocycles. The van der Waals surface area contributed by atoms with E-state index in [1.54, 1.807) is 12.1 Å². The molecule has 3 nitrogen and oxygen atoms in total. The third-order valence-corrected chi connectivity index (χ3v) is 2.78. The summed E-state index contributed by atoms with van der Waals surface area (Å²) in [6.07, 6.45) is 1.49. The Balaban J connectivity index is 2.25. The summed E-state index contributed by atoms with van der Waals surface area (Å²) < 4.78 is 12.9. The molecule has 0 saturated heterocycles. The Hall–Kier alpha value is -1.65. The summed E-state index contributed by atoms with van der Waals surface area (Å²) in [5, 5.41) is 2.83.